The minimum Gasteiger partial charge on any atom is -0.307 e. The van der Waals surface area contributed by atoms with Crippen molar-refractivity contribution in [2.75, 3.05) is 5.32 Å². The van der Waals surface area contributed by atoms with Gasteiger partial charge < -0.3 is 5.32 Å². The first kappa shape index (κ1) is 14.0. The fourth-order valence-corrected chi connectivity index (χ4v) is 3.22. The summed E-state index contributed by atoms with van der Waals surface area (Å²) in [7, 11) is 0. The Morgan fingerprint density at radius 3 is 3.00 bits per heavy atom. The fraction of sp³-hybridized carbons (Fsp3) is 0.400. The van der Waals surface area contributed by atoms with Crippen LogP contribution < -0.4 is 5.32 Å². The third kappa shape index (κ3) is 3.39. The summed E-state index contributed by atoms with van der Waals surface area (Å²) in [5.41, 5.74) is 0.817. The predicted molar refractivity (Wildman–Crippen MR) is 84.2 cm³/mol. The zero-order chi connectivity index (χ0) is 14.7. The zero-order valence-corrected chi connectivity index (χ0v) is 12.8. The summed E-state index contributed by atoms with van der Waals surface area (Å²) >= 11 is 1.57. The van der Waals surface area contributed by atoms with Crippen molar-refractivity contribution in [1.29, 1.82) is 0 Å². The van der Waals surface area contributed by atoms with E-state index in [-0.39, 0.29) is 5.91 Å². The van der Waals surface area contributed by atoms with Gasteiger partial charge in [-0.05, 0) is 25.8 Å². The molecule has 2 aromatic rings. The highest BCUT2D eigenvalue weighted by Crippen LogP contribution is 2.31. The van der Waals surface area contributed by atoms with Crippen LogP contribution in [-0.2, 0) is 4.79 Å². The van der Waals surface area contributed by atoms with Crippen LogP contribution in [0.15, 0.2) is 23.7 Å². The van der Waals surface area contributed by atoms with Crippen LogP contribution in [0.2, 0.25) is 0 Å². The van der Waals surface area contributed by atoms with Gasteiger partial charge in [-0.1, -0.05) is 12.8 Å². The number of aryl methyl sites for hydroxylation is 1. The Balaban J connectivity index is 1.65. The molecule has 1 aliphatic rings. The van der Waals surface area contributed by atoms with E-state index >= 15 is 0 Å². The van der Waals surface area contributed by atoms with Gasteiger partial charge >= 0.3 is 0 Å². The minimum atomic E-state index is -0.152. The average Bonchev–Trinajstić information content (AvgIpc) is 3.16. The maximum absolute atomic E-state index is 12.0. The third-order valence-electron chi connectivity index (χ3n) is 3.63. The van der Waals surface area contributed by atoms with Gasteiger partial charge in [-0.15, -0.1) is 11.3 Å². The van der Waals surface area contributed by atoms with Crippen molar-refractivity contribution in [3.05, 3.63) is 34.4 Å². The average molecular weight is 302 g/mol. The zero-order valence-electron chi connectivity index (χ0n) is 12.0. The van der Waals surface area contributed by atoms with E-state index < -0.39 is 0 Å². The lowest BCUT2D eigenvalue weighted by atomic mass is 10.2. The number of rotatable bonds is 4. The van der Waals surface area contributed by atoms with Crippen molar-refractivity contribution >= 4 is 29.1 Å². The number of amides is 1. The van der Waals surface area contributed by atoms with Crippen LogP contribution in [0.25, 0.3) is 6.08 Å². The number of aromatic nitrogens is 3. The van der Waals surface area contributed by atoms with E-state index in [4.69, 9.17) is 0 Å². The Hall–Kier alpha value is -1.95. The first-order chi connectivity index (χ1) is 10.2. The summed E-state index contributed by atoms with van der Waals surface area (Å²) < 4.78 is 1.94. The van der Waals surface area contributed by atoms with Gasteiger partial charge in [-0.2, -0.15) is 5.10 Å². The van der Waals surface area contributed by atoms with Crippen LogP contribution in [0.4, 0.5) is 5.82 Å². The maximum Gasteiger partial charge on any atom is 0.249 e. The molecule has 1 saturated carbocycles. The lowest BCUT2D eigenvalue weighted by molar-refractivity contribution is -0.111. The predicted octanol–water partition coefficient (Wildman–Crippen LogP) is 3.42. The van der Waals surface area contributed by atoms with Gasteiger partial charge in [0.1, 0.15) is 5.82 Å². The summed E-state index contributed by atoms with van der Waals surface area (Å²) in [5, 5.41) is 10.2. The Morgan fingerprint density at radius 2 is 2.29 bits per heavy atom. The van der Waals surface area contributed by atoms with E-state index in [0.717, 1.165) is 29.4 Å². The molecule has 21 heavy (non-hydrogen) atoms. The van der Waals surface area contributed by atoms with Gasteiger partial charge in [-0.3, -0.25) is 4.79 Å². The maximum atomic E-state index is 12.0. The number of hydrogen-bond donors (Lipinski definition) is 1. The normalized spacial score (nSPS) is 15.9. The van der Waals surface area contributed by atoms with Gasteiger partial charge in [0.2, 0.25) is 5.91 Å². The van der Waals surface area contributed by atoms with E-state index in [1.165, 1.54) is 18.9 Å². The molecule has 110 valence electrons. The molecule has 0 radical (unpaired) electrons. The van der Waals surface area contributed by atoms with E-state index in [9.17, 15) is 4.79 Å². The van der Waals surface area contributed by atoms with E-state index in [1.54, 1.807) is 23.6 Å². The molecule has 6 heteroatoms. The quantitative estimate of drug-likeness (QED) is 0.880. The van der Waals surface area contributed by atoms with E-state index in [1.807, 2.05) is 23.1 Å². The highest BCUT2D eigenvalue weighted by Gasteiger charge is 2.20. The second kappa shape index (κ2) is 6.22. The number of thiazole rings is 1. The van der Waals surface area contributed by atoms with E-state index in [2.05, 4.69) is 15.4 Å². The smallest absolute Gasteiger partial charge is 0.249 e. The number of nitrogens with zero attached hydrogens (tertiary/aromatic N) is 3. The summed E-state index contributed by atoms with van der Waals surface area (Å²) in [6.07, 6.45) is 9.73. The molecule has 5 nitrogen and oxygen atoms in total. The van der Waals surface area contributed by atoms with E-state index in [0.29, 0.717) is 6.04 Å². The van der Waals surface area contributed by atoms with Gasteiger partial charge in [0.15, 0.2) is 0 Å². The second-order valence-corrected chi connectivity index (χ2v) is 6.28. The Kier molecular flexibility index (Phi) is 4.15. The largest absolute Gasteiger partial charge is 0.307 e. The van der Waals surface area contributed by atoms with Crippen LogP contribution in [0, 0.1) is 6.92 Å². The Bertz CT molecular complexity index is 652. The monoisotopic (exact) mass is 302 g/mol. The van der Waals surface area contributed by atoms with Gasteiger partial charge in [0.25, 0.3) is 0 Å². The van der Waals surface area contributed by atoms with Crippen LogP contribution >= 0.6 is 11.3 Å². The molecule has 2 aromatic heterocycles. The molecule has 2 heterocycles. The molecular weight excluding hydrogens is 284 g/mol. The molecule has 1 fully saturated rings. The first-order valence-corrected chi connectivity index (χ1v) is 8.05. The summed E-state index contributed by atoms with van der Waals surface area (Å²) in [5.74, 6) is 0.617. The van der Waals surface area contributed by atoms with Gasteiger partial charge in [-0.25, -0.2) is 9.67 Å². The SMILES string of the molecule is Cc1nc(/C=C/C(=O)Nc2ccnn2C2CCCC2)cs1. The van der Waals surface area contributed by atoms with Gasteiger partial charge in [0, 0.05) is 17.5 Å². The lowest BCUT2D eigenvalue weighted by Crippen LogP contribution is -2.15. The van der Waals surface area contributed by atoms with Crippen molar-refractivity contribution in [3.63, 3.8) is 0 Å². The molecule has 0 unspecified atom stereocenters. The number of anilines is 1. The summed E-state index contributed by atoms with van der Waals surface area (Å²) in [4.78, 5) is 16.3. The minimum absolute atomic E-state index is 0.152. The Morgan fingerprint density at radius 1 is 1.48 bits per heavy atom. The molecule has 1 aliphatic carbocycles. The summed E-state index contributed by atoms with van der Waals surface area (Å²) in [6.45, 7) is 1.95. The highest BCUT2D eigenvalue weighted by molar-refractivity contribution is 7.09. The molecule has 0 bridgehead atoms. The standard InChI is InChI=1S/C15H18N4OS/c1-11-17-12(10-21-11)6-7-15(20)18-14-8-9-16-19(14)13-4-2-3-5-13/h6-10,13H,2-5H2,1H3,(H,18,20)/b7-6+. The van der Waals surface area contributed by atoms with Crippen LogP contribution in [-0.4, -0.2) is 20.7 Å². The van der Waals surface area contributed by atoms with Crippen molar-refractivity contribution in [2.45, 2.75) is 38.6 Å². The molecule has 0 aromatic carbocycles. The third-order valence-corrected chi connectivity index (χ3v) is 4.43. The number of nitrogens with one attached hydrogen (secondary N) is 1. The molecule has 1 N–H and O–H groups in total. The van der Waals surface area contributed by atoms with Gasteiger partial charge in [0.05, 0.1) is 22.9 Å². The van der Waals surface area contributed by atoms with Crippen molar-refractivity contribution in [2.24, 2.45) is 0 Å². The van der Waals surface area contributed by atoms with Crippen LogP contribution in [0.1, 0.15) is 42.4 Å². The molecule has 0 spiro atoms. The first-order valence-electron chi connectivity index (χ1n) is 7.17. The van der Waals surface area contributed by atoms with Crippen molar-refractivity contribution in [3.8, 4) is 0 Å². The molecule has 0 aliphatic heterocycles. The molecule has 0 atom stereocenters. The number of hydrogen-bond acceptors (Lipinski definition) is 4. The van der Waals surface area contributed by atoms with Crippen molar-refractivity contribution < 1.29 is 4.79 Å². The Labute approximate surface area is 127 Å². The summed E-state index contributed by atoms with van der Waals surface area (Å²) in [6, 6.07) is 2.26. The molecule has 0 saturated heterocycles. The molecule has 3 rings (SSSR count). The van der Waals surface area contributed by atoms with Crippen molar-refractivity contribution in [1.82, 2.24) is 14.8 Å². The molecule has 1 amide bonds. The molecular formula is C15H18N4OS. The van der Waals surface area contributed by atoms with Crippen LogP contribution in [0.5, 0.6) is 0 Å². The second-order valence-electron chi connectivity index (χ2n) is 5.21. The fourth-order valence-electron chi connectivity index (χ4n) is 2.64. The lowest BCUT2D eigenvalue weighted by Gasteiger charge is -2.13. The van der Waals surface area contributed by atoms with Crippen LogP contribution in [0.3, 0.4) is 0 Å². The number of carbonyl (C=O) groups excluding carboxylic acids is 1. The number of carbonyl (C=O) groups is 1. The highest BCUT2D eigenvalue weighted by atomic mass is 32.1. The topological polar surface area (TPSA) is 59.8 Å².